The quantitative estimate of drug-likeness (QED) is 0.542. The van der Waals surface area contributed by atoms with Crippen molar-refractivity contribution >= 4 is 23.2 Å². The van der Waals surface area contributed by atoms with Crippen LogP contribution in [0.2, 0.25) is 0 Å². The minimum atomic E-state index is -0.529. The van der Waals surface area contributed by atoms with E-state index in [1.54, 1.807) is 35.6 Å². The molecule has 0 aliphatic rings. The normalized spacial score (nSPS) is 11.6. The number of ether oxygens (including phenoxy) is 2. The van der Waals surface area contributed by atoms with Gasteiger partial charge in [-0.2, -0.15) is 0 Å². The van der Waals surface area contributed by atoms with Crippen LogP contribution in [0.1, 0.15) is 48.0 Å². The number of thiophene rings is 1. The summed E-state index contributed by atoms with van der Waals surface area (Å²) in [6.45, 7) is 4.34. The fourth-order valence-corrected chi connectivity index (χ4v) is 2.86. The Balaban J connectivity index is 1.76. The van der Waals surface area contributed by atoms with Gasteiger partial charge in [0.1, 0.15) is 5.75 Å². The molecular weight excluding hydrogens is 338 g/mol. The Morgan fingerprint density at radius 3 is 2.60 bits per heavy atom. The third-order valence-electron chi connectivity index (χ3n) is 3.54. The van der Waals surface area contributed by atoms with E-state index >= 15 is 0 Å². The van der Waals surface area contributed by atoms with Crippen LogP contribution in [-0.2, 0) is 9.53 Å². The van der Waals surface area contributed by atoms with Crippen molar-refractivity contribution in [1.82, 2.24) is 5.32 Å². The average molecular weight is 361 g/mol. The average Bonchev–Trinajstić information content (AvgIpc) is 3.15. The second-order valence-electron chi connectivity index (χ2n) is 5.61. The van der Waals surface area contributed by atoms with Gasteiger partial charge < -0.3 is 14.8 Å². The van der Waals surface area contributed by atoms with Crippen LogP contribution in [0.3, 0.4) is 0 Å². The first-order chi connectivity index (χ1) is 12.1. The first-order valence-corrected chi connectivity index (χ1v) is 9.21. The lowest BCUT2D eigenvalue weighted by atomic mass is 10.2. The van der Waals surface area contributed by atoms with Gasteiger partial charge in [0.05, 0.1) is 18.2 Å². The Hall–Kier alpha value is -2.34. The molecule has 25 heavy (non-hydrogen) atoms. The Labute approximate surface area is 152 Å². The highest BCUT2D eigenvalue weighted by atomic mass is 32.1. The van der Waals surface area contributed by atoms with Gasteiger partial charge in [0.2, 0.25) is 0 Å². The molecule has 1 amide bonds. The van der Waals surface area contributed by atoms with E-state index in [2.05, 4.69) is 12.2 Å². The molecule has 1 aromatic carbocycles. The van der Waals surface area contributed by atoms with Gasteiger partial charge in [-0.25, -0.2) is 4.79 Å². The molecule has 0 bridgehead atoms. The molecule has 0 saturated carbocycles. The van der Waals surface area contributed by atoms with Crippen molar-refractivity contribution in [1.29, 1.82) is 0 Å². The van der Waals surface area contributed by atoms with E-state index in [-0.39, 0.29) is 18.6 Å². The van der Waals surface area contributed by atoms with Crippen molar-refractivity contribution in [3.05, 3.63) is 52.2 Å². The predicted octanol–water partition coefficient (Wildman–Crippen LogP) is 3.96. The van der Waals surface area contributed by atoms with E-state index in [4.69, 9.17) is 9.47 Å². The molecule has 2 aromatic rings. The van der Waals surface area contributed by atoms with Crippen LogP contribution in [0.15, 0.2) is 41.8 Å². The summed E-state index contributed by atoms with van der Waals surface area (Å²) in [6.07, 6.45) is 2.06. The van der Waals surface area contributed by atoms with Crippen molar-refractivity contribution in [3.8, 4) is 5.75 Å². The molecule has 134 valence electrons. The number of benzene rings is 1. The molecule has 0 aliphatic carbocycles. The lowest BCUT2D eigenvalue weighted by Crippen LogP contribution is -2.30. The standard InChI is InChI=1S/C19H23NO4S/c1-3-4-11-23-16-9-7-15(8-10-16)19(22)24-13-18(21)20-14(2)17-6-5-12-25-17/h5-10,12,14H,3-4,11,13H2,1-2H3,(H,20,21)/t14-/m1/s1. The maximum Gasteiger partial charge on any atom is 0.338 e. The molecule has 6 heteroatoms. The van der Waals surface area contributed by atoms with E-state index in [0.29, 0.717) is 17.9 Å². The van der Waals surface area contributed by atoms with E-state index in [1.165, 1.54) is 0 Å². The number of amides is 1. The van der Waals surface area contributed by atoms with Crippen molar-refractivity contribution < 1.29 is 19.1 Å². The molecule has 1 heterocycles. The smallest absolute Gasteiger partial charge is 0.338 e. The zero-order chi connectivity index (χ0) is 18.1. The van der Waals surface area contributed by atoms with E-state index in [9.17, 15) is 9.59 Å². The molecule has 1 atom stereocenters. The Bertz CT molecular complexity index is 667. The maximum atomic E-state index is 12.0. The SMILES string of the molecule is CCCCOc1ccc(C(=O)OCC(=O)N[C@H](C)c2cccs2)cc1. The van der Waals surface area contributed by atoms with E-state index < -0.39 is 5.97 Å². The van der Waals surface area contributed by atoms with Gasteiger partial charge in [-0.1, -0.05) is 19.4 Å². The molecule has 0 radical (unpaired) electrons. The van der Waals surface area contributed by atoms with Crippen LogP contribution < -0.4 is 10.1 Å². The molecule has 0 unspecified atom stereocenters. The van der Waals surface area contributed by atoms with E-state index in [0.717, 1.165) is 17.7 Å². The van der Waals surface area contributed by atoms with Gasteiger partial charge >= 0.3 is 5.97 Å². The van der Waals surface area contributed by atoms with Gasteiger partial charge in [-0.15, -0.1) is 11.3 Å². The van der Waals surface area contributed by atoms with Crippen LogP contribution in [0.4, 0.5) is 0 Å². The minimum absolute atomic E-state index is 0.106. The molecule has 1 N–H and O–H groups in total. The van der Waals surface area contributed by atoms with E-state index in [1.807, 2.05) is 24.4 Å². The molecule has 5 nitrogen and oxygen atoms in total. The molecule has 0 spiro atoms. The van der Waals surface area contributed by atoms with Gasteiger partial charge in [0.15, 0.2) is 6.61 Å². The summed E-state index contributed by atoms with van der Waals surface area (Å²) in [5, 5.41) is 4.75. The van der Waals surface area contributed by atoms with Crippen molar-refractivity contribution in [3.63, 3.8) is 0 Å². The summed E-state index contributed by atoms with van der Waals surface area (Å²) in [5.74, 6) is -0.139. The van der Waals surface area contributed by atoms with Crippen LogP contribution in [0.25, 0.3) is 0 Å². The first-order valence-electron chi connectivity index (χ1n) is 8.33. The van der Waals surface area contributed by atoms with Crippen LogP contribution in [0.5, 0.6) is 5.75 Å². The number of unbranched alkanes of at least 4 members (excludes halogenated alkanes) is 1. The number of nitrogens with one attached hydrogen (secondary N) is 1. The lowest BCUT2D eigenvalue weighted by molar-refractivity contribution is -0.124. The summed E-state index contributed by atoms with van der Waals surface area (Å²) in [5.41, 5.74) is 0.391. The highest BCUT2D eigenvalue weighted by molar-refractivity contribution is 7.10. The van der Waals surface area contributed by atoms with Crippen molar-refractivity contribution in [2.24, 2.45) is 0 Å². The van der Waals surface area contributed by atoms with Crippen LogP contribution in [0, 0.1) is 0 Å². The molecule has 1 aromatic heterocycles. The van der Waals surface area contributed by atoms with Gasteiger partial charge in [-0.3, -0.25) is 4.79 Å². The summed E-state index contributed by atoms with van der Waals surface area (Å²) < 4.78 is 10.6. The first kappa shape index (κ1) is 19.0. The summed E-state index contributed by atoms with van der Waals surface area (Å²) in [6, 6.07) is 10.5. The number of rotatable bonds is 9. The molecular formula is C19H23NO4S. The topological polar surface area (TPSA) is 64.6 Å². The summed E-state index contributed by atoms with van der Waals surface area (Å²) in [7, 11) is 0. The number of hydrogen-bond donors (Lipinski definition) is 1. The van der Waals surface area contributed by atoms with Crippen molar-refractivity contribution in [2.75, 3.05) is 13.2 Å². The largest absolute Gasteiger partial charge is 0.494 e. The molecule has 0 saturated heterocycles. The van der Waals surface area contributed by atoms with Crippen LogP contribution in [-0.4, -0.2) is 25.1 Å². The molecule has 0 aliphatic heterocycles. The van der Waals surface area contributed by atoms with Gasteiger partial charge in [0, 0.05) is 4.88 Å². The van der Waals surface area contributed by atoms with Crippen molar-refractivity contribution in [2.45, 2.75) is 32.7 Å². The Kier molecular flexibility index (Phi) is 7.47. The monoisotopic (exact) mass is 361 g/mol. The fraction of sp³-hybridized carbons (Fsp3) is 0.368. The third kappa shape index (κ3) is 6.23. The zero-order valence-electron chi connectivity index (χ0n) is 14.5. The van der Waals surface area contributed by atoms with Gasteiger partial charge in [-0.05, 0) is 49.1 Å². The highest BCUT2D eigenvalue weighted by Gasteiger charge is 2.13. The summed E-state index contributed by atoms with van der Waals surface area (Å²) >= 11 is 1.57. The Morgan fingerprint density at radius 1 is 1.20 bits per heavy atom. The van der Waals surface area contributed by atoms with Gasteiger partial charge in [0.25, 0.3) is 5.91 Å². The zero-order valence-corrected chi connectivity index (χ0v) is 15.3. The number of carbonyl (C=O) groups is 2. The second kappa shape index (κ2) is 9.84. The predicted molar refractivity (Wildman–Crippen MR) is 98.0 cm³/mol. The highest BCUT2D eigenvalue weighted by Crippen LogP contribution is 2.18. The third-order valence-corrected chi connectivity index (χ3v) is 4.59. The molecule has 0 fully saturated rings. The lowest BCUT2D eigenvalue weighted by Gasteiger charge is -2.12. The molecule has 2 rings (SSSR count). The number of hydrogen-bond acceptors (Lipinski definition) is 5. The number of esters is 1. The Morgan fingerprint density at radius 2 is 1.96 bits per heavy atom. The van der Waals surface area contributed by atoms with Crippen LogP contribution >= 0.6 is 11.3 Å². The number of carbonyl (C=O) groups excluding carboxylic acids is 2. The summed E-state index contributed by atoms with van der Waals surface area (Å²) in [4.78, 5) is 24.9. The fourth-order valence-electron chi connectivity index (χ4n) is 2.13. The maximum absolute atomic E-state index is 12.0. The minimum Gasteiger partial charge on any atom is -0.494 e. The second-order valence-corrected chi connectivity index (χ2v) is 6.59.